The number of hydrogen-bond acceptors (Lipinski definition) is 4. The number of guanidine groups is 1. The number of rotatable bonds is 4. The Balaban J connectivity index is 1.45. The third-order valence-corrected chi connectivity index (χ3v) is 3.66. The van der Waals surface area contributed by atoms with E-state index in [1.165, 1.54) is 19.3 Å². The first-order chi connectivity index (χ1) is 10.3. The number of nitrogens with zero attached hydrogens (tertiary/aromatic N) is 2. The van der Waals surface area contributed by atoms with Gasteiger partial charge in [-0.1, -0.05) is 0 Å². The third kappa shape index (κ3) is 3.51. The maximum atomic E-state index is 5.99. The van der Waals surface area contributed by atoms with Gasteiger partial charge in [-0.05, 0) is 31.4 Å². The van der Waals surface area contributed by atoms with E-state index in [4.69, 9.17) is 19.9 Å². The molecule has 2 aliphatic heterocycles. The van der Waals surface area contributed by atoms with Crippen LogP contribution in [0.25, 0.3) is 0 Å². The van der Waals surface area contributed by atoms with Crippen molar-refractivity contribution < 1.29 is 14.2 Å². The first kappa shape index (κ1) is 13.9. The van der Waals surface area contributed by atoms with Crippen molar-refractivity contribution in [3.63, 3.8) is 0 Å². The molecule has 0 spiro atoms. The lowest BCUT2D eigenvalue weighted by Crippen LogP contribution is -2.41. The second kappa shape index (κ2) is 6.56. The Morgan fingerprint density at radius 2 is 2.00 bits per heavy atom. The Bertz CT molecular complexity index is 513. The SMILES string of the molecule is NC(=NCCOc1ccc2c(c1)OCO2)N1CCCCC1. The van der Waals surface area contributed by atoms with Crippen molar-refractivity contribution in [2.24, 2.45) is 10.7 Å². The van der Waals surface area contributed by atoms with Crippen LogP contribution in [0.4, 0.5) is 0 Å². The van der Waals surface area contributed by atoms with Crippen LogP contribution < -0.4 is 19.9 Å². The van der Waals surface area contributed by atoms with E-state index >= 15 is 0 Å². The molecule has 0 saturated carbocycles. The standard InChI is InChI=1S/C15H21N3O3/c16-15(18-7-2-1-3-8-18)17-6-9-19-12-4-5-13-14(10-12)21-11-20-13/h4-5,10H,1-3,6-9,11H2,(H2,16,17). The van der Waals surface area contributed by atoms with E-state index in [9.17, 15) is 0 Å². The number of piperidine rings is 1. The van der Waals surface area contributed by atoms with E-state index in [1.807, 2.05) is 18.2 Å². The van der Waals surface area contributed by atoms with Gasteiger partial charge in [-0.2, -0.15) is 0 Å². The van der Waals surface area contributed by atoms with Crippen molar-refractivity contribution in [2.45, 2.75) is 19.3 Å². The van der Waals surface area contributed by atoms with Gasteiger partial charge < -0.3 is 24.8 Å². The number of aliphatic imine (C=N–C) groups is 1. The van der Waals surface area contributed by atoms with Crippen LogP contribution in [0.3, 0.4) is 0 Å². The minimum absolute atomic E-state index is 0.273. The van der Waals surface area contributed by atoms with Gasteiger partial charge in [0.25, 0.3) is 0 Å². The number of benzene rings is 1. The number of likely N-dealkylation sites (tertiary alicyclic amines) is 1. The summed E-state index contributed by atoms with van der Waals surface area (Å²) in [7, 11) is 0. The summed E-state index contributed by atoms with van der Waals surface area (Å²) in [6.07, 6.45) is 3.69. The van der Waals surface area contributed by atoms with Gasteiger partial charge in [0.05, 0.1) is 6.54 Å². The summed E-state index contributed by atoms with van der Waals surface area (Å²) in [6, 6.07) is 5.55. The molecular weight excluding hydrogens is 270 g/mol. The molecule has 2 aliphatic rings. The van der Waals surface area contributed by atoms with Crippen molar-refractivity contribution in [3.05, 3.63) is 18.2 Å². The first-order valence-corrected chi connectivity index (χ1v) is 7.40. The van der Waals surface area contributed by atoms with Crippen LogP contribution in [0.15, 0.2) is 23.2 Å². The lowest BCUT2D eigenvalue weighted by atomic mass is 10.1. The van der Waals surface area contributed by atoms with E-state index in [-0.39, 0.29) is 6.79 Å². The number of nitrogens with two attached hydrogens (primary N) is 1. The molecule has 1 aromatic rings. The summed E-state index contributed by atoms with van der Waals surface area (Å²) >= 11 is 0. The summed E-state index contributed by atoms with van der Waals surface area (Å²) in [5.74, 6) is 2.87. The molecule has 21 heavy (non-hydrogen) atoms. The Labute approximate surface area is 124 Å². The molecule has 2 heterocycles. The molecule has 0 bridgehead atoms. The highest BCUT2D eigenvalue weighted by atomic mass is 16.7. The van der Waals surface area contributed by atoms with E-state index < -0.39 is 0 Å². The zero-order valence-electron chi connectivity index (χ0n) is 12.1. The van der Waals surface area contributed by atoms with Crippen LogP contribution in [-0.4, -0.2) is 43.9 Å². The quantitative estimate of drug-likeness (QED) is 0.518. The highest BCUT2D eigenvalue weighted by Gasteiger charge is 2.14. The molecule has 6 nitrogen and oxygen atoms in total. The molecular formula is C15H21N3O3. The van der Waals surface area contributed by atoms with Crippen LogP contribution in [0.2, 0.25) is 0 Å². The van der Waals surface area contributed by atoms with Gasteiger partial charge in [-0.3, -0.25) is 0 Å². The average Bonchev–Trinajstić information content (AvgIpc) is 3.00. The Kier molecular flexibility index (Phi) is 4.33. The van der Waals surface area contributed by atoms with E-state index in [1.54, 1.807) is 0 Å². The fourth-order valence-electron chi connectivity index (χ4n) is 2.51. The van der Waals surface area contributed by atoms with Crippen LogP contribution >= 0.6 is 0 Å². The first-order valence-electron chi connectivity index (χ1n) is 7.40. The zero-order chi connectivity index (χ0) is 14.5. The van der Waals surface area contributed by atoms with E-state index in [0.29, 0.717) is 19.1 Å². The van der Waals surface area contributed by atoms with Crippen LogP contribution in [0, 0.1) is 0 Å². The van der Waals surface area contributed by atoms with Gasteiger partial charge in [-0.15, -0.1) is 0 Å². The molecule has 1 fully saturated rings. The van der Waals surface area contributed by atoms with Gasteiger partial charge in [-0.25, -0.2) is 4.99 Å². The molecule has 0 atom stereocenters. The van der Waals surface area contributed by atoms with Crippen molar-refractivity contribution in [3.8, 4) is 17.2 Å². The normalized spacial score (nSPS) is 17.9. The lowest BCUT2D eigenvalue weighted by molar-refractivity contribution is 0.173. The van der Waals surface area contributed by atoms with Crippen LogP contribution in [0.5, 0.6) is 17.2 Å². The summed E-state index contributed by atoms with van der Waals surface area (Å²) in [6.45, 7) is 3.34. The topological polar surface area (TPSA) is 69.3 Å². The van der Waals surface area contributed by atoms with Gasteiger partial charge in [0.2, 0.25) is 6.79 Å². The van der Waals surface area contributed by atoms with Crippen molar-refractivity contribution in [2.75, 3.05) is 33.0 Å². The molecule has 0 unspecified atom stereocenters. The van der Waals surface area contributed by atoms with Crippen molar-refractivity contribution in [1.29, 1.82) is 0 Å². The second-order valence-electron chi connectivity index (χ2n) is 5.15. The third-order valence-electron chi connectivity index (χ3n) is 3.66. The molecule has 0 amide bonds. The van der Waals surface area contributed by atoms with Gasteiger partial charge >= 0.3 is 0 Å². The van der Waals surface area contributed by atoms with Crippen molar-refractivity contribution >= 4 is 5.96 Å². The predicted octanol–water partition coefficient (Wildman–Crippen LogP) is 1.59. The van der Waals surface area contributed by atoms with Gasteiger partial charge in [0.1, 0.15) is 12.4 Å². The molecule has 0 radical (unpaired) electrons. The Morgan fingerprint density at radius 1 is 1.19 bits per heavy atom. The average molecular weight is 291 g/mol. The fraction of sp³-hybridized carbons (Fsp3) is 0.533. The smallest absolute Gasteiger partial charge is 0.231 e. The summed E-state index contributed by atoms with van der Waals surface area (Å²) in [5, 5.41) is 0. The van der Waals surface area contributed by atoms with Gasteiger partial charge in [0, 0.05) is 19.2 Å². The van der Waals surface area contributed by atoms with E-state index in [0.717, 1.165) is 30.3 Å². The zero-order valence-corrected chi connectivity index (χ0v) is 12.1. The van der Waals surface area contributed by atoms with Crippen LogP contribution in [-0.2, 0) is 0 Å². The molecule has 0 aliphatic carbocycles. The molecule has 114 valence electrons. The molecule has 1 aromatic carbocycles. The fourth-order valence-corrected chi connectivity index (χ4v) is 2.51. The lowest BCUT2D eigenvalue weighted by Gasteiger charge is -2.27. The van der Waals surface area contributed by atoms with E-state index in [2.05, 4.69) is 9.89 Å². The summed E-state index contributed by atoms with van der Waals surface area (Å²) in [4.78, 5) is 6.52. The largest absolute Gasteiger partial charge is 0.492 e. The molecule has 1 saturated heterocycles. The summed E-state index contributed by atoms with van der Waals surface area (Å²) in [5.41, 5.74) is 5.99. The summed E-state index contributed by atoms with van der Waals surface area (Å²) < 4.78 is 16.2. The number of ether oxygens (including phenoxy) is 3. The number of hydrogen-bond donors (Lipinski definition) is 1. The highest BCUT2D eigenvalue weighted by molar-refractivity contribution is 5.78. The molecule has 2 N–H and O–H groups in total. The Morgan fingerprint density at radius 3 is 2.86 bits per heavy atom. The minimum Gasteiger partial charge on any atom is -0.492 e. The van der Waals surface area contributed by atoms with Gasteiger partial charge in [0.15, 0.2) is 17.5 Å². The molecule has 0 aromatic heterocycles. The second-order valence-corrected chi connectivity index (χ2v) is 5.15. The molecule has 3 rings (SSSR count). The predicted molar refractivity (Wildman–Crippen MR) is 80.0 cm³/mol. The Hall–Kier alpha value is -2.11. The maximum absolute atomic E-state index is 5.99. The minimum atomic E-state index is 0.273. The van der Waals surface area contributed by atoms with Crippen LogP contribution in [0.1, 0.15) is 19.3 Å². The van der Waals surface area contributed by atoms with Crippen molar-refractivity contribution in [1.82, 2.24) is 4.90 Å². The monoisotopic (exact) mass is 291 g/mol. The number of fused-ring (bicyclic) bond motifs is 1. The molecule has 6 heteroatoms. The highest BCUT2D eigenvalue weighted by Crippen LogP contribution is 2.34. The maximum Gasteiger partial charge on any atom is 0.231 e.